The summed E-state index contributed by atoms with van der Waals surface area (Å²) in [6.45, 7) is 6.25. The van der Waals surface area contributed by atoms with E-state index in [-0.39, 0.29) is 18.3 Å². The topological polar surface area (TPSA) is 79.2 Å². The van der Waals surface area contributed by atoms with E-state index in [9.17, 15) is 14.9 Å². The zero-order valence-electron chi connectivity index (χ0n) is 18.0. The molecule has 1 N–H and O–H groups in total. The summed E-state index contributed by atoms with van der Waals surface area (Å²) in [6, 6.07) is 17.1. The number of carbonyl (C=O) groups is 2. The monoisotopic (exact) mass is 406 g/mol. The molecular formula is C25H30N2O3. The van der Waals surface area contributed by atoms with Crippen LogP contribution in [0, 0.1) is 17.2 Å². The summed E-state index contributed by atoms with van der Waals surface area (Å²) < 4.78 is 5.23. The van der Waals surface area contributed by atoms with Crippen molar-refractivity contribution in [1.82, 2.24) is 5.32 Å². The molecule has 0 aliphatic heterocycles. The highest BCUT2D eigenvalue weighted by atomic mass is 16.5. The zero-order valence-corrected chi connectivity index (χ0v) is 18.0. The van der Waals surface area contributed by atoms with Crippen molar-refractivity contribution in [1.29, 1.82) is 5.26 Å². The van der Waals surface area contributed by atoms with Gasteiger partial charge in [0.1, 0.15) is 12.6 Å². The summed E-state index contributed by atoms with van der Waals surface area (Å²) in [7, 11) is 0. The molecule has 0 aliphatic rings. The van der Waals surface area contributed by atoms with Gasteiger partial charge in [-0.25, -0.2) is 0 Å². The third-order valence-corrected chi connectivity index (χ3v) is 4.94. The van der Waals surface area contributed by atoms with E-state index in [2.05, 4.69) is 11.4 Å². The first-order chi connectivity index (χ1) is 14.5. The summed E-state index contributed by atoms with van der Waals surface area (Å²) in [4.78, 5) is 24.2. The van der Waals surface area contributed by atoms with Crippen molar-refractivity contribution in [3.63, 3.8) is 0 Å². The van der Waals surface area contributed by atoms with Crippen LogP contribution in [-0.4, -0.2) is 24.4 Å². The van der Waals surface area contributed by atoms with Crippen molar-refractivity contribution in [2.75, 3.05) is 6.61 Å². The van der Waals surface area contributed by atoms with Gasteiger partial charge in [-0.15, -0.1) is 0 Å². The lowest BCUT2D eigenvalue weighted by Gasteiger charge is -2.21. The number of nitriles is 1. The first-order valence-electron chi connectivity index (χ1n) is 10.5. The van der Waals surface area contributed by atoms with Crippen molar-refractivity contribution < 1.29 is 14.3 Å². The van der Waals surface area contributed by atoms with Gasteiger partial charge in [-0.3, -0.25) is 9.59 Å². The van der Waals surface area contributed by atoms with E-state index in [0.717, 1.165) is 29.5 Å². The molecule has 0 aliphatic carbocycles. The van der Waals surface area contributed by atoms with Crippen LogP contribution in [-0.2, 0) is 20.9 Å². The summed E-state index contributed by atoms with van der Waals surface area (Å²) in [5.41, 5.74) is 3.53. The molecule has 30 heavy (non-hydrogen) atoms. The van der Waals surface area contributed by atoms with E-state index in [1.165, 1.54) is 0 Å². The minimum Gasteiger partial charge on any atom is -0.457 e. The summed E-state index contributed by atoms with van der Waals surface area (Å²) >= 11 is 0. The number of ketones is 1. The van der Waals surface area contributed by atoms with Crippen LogP contribution in [0.1, 0.15) is 51.2 Å². The number of ether oxygens (including phenoxy) is 1. The fourth-order valence-corrected chi connectivity index (χ4v) is 3.14. The normalized spacial score (nSPS) is 11.7. The Hall–Kier alpha value is -2.97. The minimum absolute atomic E-state index is 0.0324. The van der Waals surface area contributed by atoms with Gasteiger partial charge >= 0.3 is 5.97 Å². The first-order valence-corrected chi connectivity index (χ1v) is 10.5. The zero-order chi connectivity index (χ0) is 21.9. The number of unbranched alkanes of at least 4 members (excludes halogenated alkanes) is 1. The van der Waals surface area contributed by atoms with Gasteiger partial charge in [0.25, 0.3) is 0 Å². The van der Waals surface area contributed by atoms with Crippen LogP contribution in [0.2, 0.25) is 0 Å². The largest absolute Gasteiger partial charge is 0.457 e. The predicted octanol–water partition coefficient (Wildman–Crippen LogP) is 4.64. The Bertz CT molecular complexity index is 882. The van der Waals surface area contributed by atoms with Crippen LogP contribution in [0.4, 0.5) is 0 Å². The number of rotatable bonds is 11. The van der Waals surface area contributed by atoms with Gasteiger partial charge in [0.05, 0.1) is 11.6 Å². The Balaban J connectivity index is 1.95. The Kier molecular flexibility index (Phi) is 9.24. The van der Waals surface area contributed by atoms with E-state index in [4.69, 9.17) is 4.74 Å². The van der Waals surface area contributed by atoms with Crippen molar-refractivity contribution in [2.24, 2.45) is 5.92 Å². The number of esters is 1. The third-order valence-electron chi connectivity index (χ3n) is 4.94. The summed E-state index contributed by atoms with van der Waals surface area (Å²) in [5, 5.41) is 12.5. The van der Waals surface area contributed by atoms with Crippen LogP contribution < -0.4 is 5.32 Å². The Morgan fingerprint density at radius 3 is 2.43 bits per heavy atom. The highest BCUT2D eigenvalue weighted by Crippen LogP contribution is 2.23. The van der Waals surface area contributed by atoms with Crippen molar-refractivity contribution in [2.45, 2.75) is 52.6 Å². The maximum atomic E-state index is 12.4. The van der Waals surface area contributed by atoms with Crippen LogP contribution in [0.15, 0.2) is 48.5 Å². The Morgan fingerprint density at radius 1 is 1.10 bits per heavy atom. The minimum atomic E-state index is -0.483. The SMILES string of the molecule is CCCCC(=O)COC(=O)[C@@H](NCc1ccc(-c2ccccc2C#N)cc1)C(C)C. The van der Waals surface area contributed by atoms with E-state index in [1.807, 2.05) is 63.2 Å². The molecule has 158 valence electrons. The lowest BCUT2D eigenvalue weighted by atomic mass is 9.99. The second-order valence-electron chi connectivity index (χ2n) is 7.71. The number of Topliss-reactive ketones (excluding diaryl/α,β-unsaturated/α-hetero) is 1. The maximum Gasteiger partial charge on any atom is 0.323 e. The van der Waals surface area contributed by atoms with E-state index >= 15 is 0 Å². The number of hydrogen-bond acceptors (Lipinski definition) is 5. The van der Waals surface area contributed by atoms with Gasteiger partial charge < -0.3 is 10.1 Å². The highest BCUT2D eigenvalue weighted by Gasteiger charge is 2.23. The standard InChI is InChI=1S/C25H30N2O3/c1-4-5-9-22(28)17-30-25(29)24(18(2)3)27-16-19-11-13-20(14-12-19)23-10-7-6-8-21(23)15-26/h6-8,10-14,18,24,27H,4-5,9,16-17H2,1-3H3/t24-/m0/s1. The number of benzene rings is 2. The molecule has 0 unspecified atom stereocenters. The van der Waals surface area contributed by atoms with Gasteiger partial charge in [-0.2, -0.15) is 5.26 Å². The first kappa shape index (κ1) is 23.3. The molecule has 0 heterocycles. The average molecular weight is 407 g/mol. The van der Waals surface area contributed by atoms with Crippen LogP contribution in [0.3, 0.4) is 0 Å². The molecule has 0 saturated heterocycles. The fraction of sp³-hybridized carbons (Fsp3) is 0.400. The van der Waals surface area contributed by atoms with E-state index in [0.29, 0.717) is 18.5 Å². The van der Waals surface area contributed by atoms with E-state index in [1.54, 1.807) is 6.07 Å². The molecule has 5 nitrogen and oxygen atoms in total. The Labute approximate surface area is 179 Å². The van der Waals surface area contributed by atoms with E-state index < -0.39 is 12.0 Å². The molecule has 0 aromatic heterocycles. The highest BCUT2D eigenvalue weighted by molar-refractivity contribution is 5.83. The molecule has 0 spiro atoms. The third kappa shape index (κ3) is 6.82. The molecule has 0 amide bonds. The molecule has 5 heteroatoms. The average Bonchev–Trinajstić information content (AvgIpc) is 2.76. The molecule has 0 bridgehead atoms. The number of nitrogens with zero attached hydrogens (tertiary/aromatic N) is 1. The van der Waals surface area contributed by atoms with Gasteiger partial charge in [0.2, 0.25) is 0 Å². The molecule has 0 radical (unpaired) electrons. The molecule has 2 rings (SSSR count). The molecule has 1 atom stereocenters. The van der Waals surface area contributed by atoms with Crippen LogP contribution in [0.5, 0.6) is 0 Å². The summed E-state index contributed by atoms with van der Waals surface area (Å²) in [5.74, 6) is -0.402. The lowest BCUT2D eigenvalue weighted by molar-refractivity contribution is -0.151. The predicted molar refractivity (Wildman–Crippen MR) is 118 cm³/mol. The molecule has 0 fully saturated rings. The van der Waals surface area contributed by atoms with Crippen LogP contribution >= 0.6 is 0 Å². The quantitative estimate of drug-likeness (QED) is 0.550. The smallest absolute Gasteiger partial charge is 0.323 e. The van der Waals surface area contributed by atoms with Crippen molar-refractivity contribution in [3.05, 3.63) is 59.7 Å². The Morgan fingerprint density at radius 2 is 1.80 bits per heavy atom. The number of carbonyl (C=O) groups excluding carboxylic acids is 2. The van der Waals surface area contributed by atoms with Gasteiger partial charge in [-0.1, -0.05) is 69.7 Å². The lowest BCUT2D eigenvalue weighted by Crippen LogP contribution is -2.42. The maximum absolute atomic E-state index is 12.4. The second-order valence-corrected chi connectivity index (χ2v) is 7.71. The fourth-order valence-electron chi connectivity index (χ4n) is 3.14. The number of nitrogens with one attached hydrogen (secondary N) is 1. The molecule has 2 aromatic rings. The molecule has 2 aromatic carbocycles. The van der Waals surface area contributed by atoms with Crippen molar-refractivity contribution >= 4 is 11.8 Å². The van der Waals surface area contributed by atoms with Gasteiger partial charge in [0.15, 0.2) is 5.78 Å². The van der Waals surface area contributed by atoms with Gasteiger partial charge in [-0.05, 0) is 35.1 Å². The van der Waals surface area contributed by atoms with Gasteiger partial charge in [0, 0.05) is 13.0 Å². The number of hydrogen-bond donors (Lipinski definition) is 1. The van der Waals surface area contributed by atoms with Crippen LogP contribution in [0.25, 0.3) is 11.1 Å². The second kappa shape index (κ2) is 11.9. The molecular weight excluding hydrogens is 376 g/mol. The summed E-state index contributed by atoms with van der Waals surface area (Å²) in [6.07, 6.45) is 2.21. The van der Waals surface area contributed by atoms with Crippen molar-refractivity contribution in [3.8, 4) is 17.2 Å². The molecule has 0 saturated carbocycles.